The van der Waals surface area contributed by atoms with Gasteiger partial charge in [0, 0.05) is 11.3 Å². The number of cyclic esters (lactones) is 1. The molecule has 1 heterocycles. The lowest BCUT2D eigenvalue weighted by Gasteiger charge is -2.21. The largest absolute Gasteiger partial charge is 0.465 e. The van der Waals surface area contributed by atoms with Crippen molar-refractivity contribution < 1.29 is 9.53 Å². The van der Waals surface area contributed by atoms with Gasteiger partial charge in [-0.3, -0.25) is 4.79 Å². The summed E-state index contributed by atoms with van der Waals surface area (Å²) in [6.07, 6.45) is 6.20. The second-order valence-corrected chi connectivity index (χ2v) is 5.93. The molecule has 2 heteroatoms. The Morgan fingerprint density at radius 1 is 1.21 bits per heavy atom. The Morgan fingerprint density at radius 3 is 2.63 bits per heavy atom. The van der Waals surface area contributed by atoms with Crippen molar-refractivity contribution in [3.8, 4) is 0 Å². The van der Waals surface area contributed by atoms with Gasteiger partial charge >= 0.3 is 5.97 Å². The van der Waals surface area contributed by atoms with Crippen molar-refractivity contribution >= 4 is 5.97 Å². The first-order chi connectivity index (χ1) is 9.30. The maximum absolute atomic E-state index is 11.9. The summed E-state index contributed by atoms with van der Waals surface area (Å²) in [6, 6.07) is 10.6. The number of hydrogen-bond acceptors (Lipinski definition) is 2. The molecule has 19 heavy (non-hydrogen) atoms. The summed E-state index contributed by atoms with van der Waals surface area (Å²) < 4.78 is 5.18. The SMILES string of the molecule is CCCCCC[C@@]1(c2ccccc2)[C@@H]2C(=O)OC[C@@H]21. The van der Waals surface area contributed by atoms with E-state index in [-0.39, 0.29) is 17.3 Å². The van der Waals surface area contributed by atoms with E-state index >= 15 is 0 Å². The van der Waals surface area contributed by atoms with Gasteiger partial charge in [-0.05, 0) is 12.0 Å². The minimum Gasteiger partial charge on any atom is -0.465 e. The highest BCUT2D eigenvalue weighted by atomic mass is 16.5. The fourth-order valence-electron chi connectivity index (χ4n) is 3.87. The number of hydrogen-bond donors (Lipinski definition) is 0. The lowest BCUT2D eigenvalue weighted by molar-refractivity contribution is -0.142. The van der Waals surface area contributed by atoms with E-state index in [1.165, 1.54) is 31.2 Å². The van der Waals surface area contributed by atoms with E-state index in [1.807, 2.05) is 6.07 Å². The fraction of sp³-hybridized carbons (Fsp3) is 0.588. The number of esters is 1. The van der Waals surface area contributed by atoms with Gasteiger partial charge in [0.2, 0.25) is 0 Å². The van der Waals surface area contributed by atoms with E-state index in [9.17, 15) is 4.79 Å². The van der Waals surface area contributed by atoms with E-state index in [1.54, 1.807) is 0 Å². The Morgan fingerprint density at radius 2 is 2.00 bits per heavy atom. The molecule has 1 aromatic carbocycles. The molecule has 0 radical (unpaired) electrons. The molecule has 1 saturated heterocycles. The lowest BCUT2D eigenvalue weighted by Crippen LogP contribution is -2.21. The Bertz CT molecular complexity index is 454. The van der Waals surface area contributed by atoms with Crippen LogP contribution >= 0.6 is 0 Å². The molecule has 0 bridgehead atoms. The second kappa shape index (κ2) is 4.99. The van der Waals surface area contributed by atoms with Crippen molar-refractivity contribution in [3.05, 3.63) is 35.9 Å². The minimum absolute atomic E-state index is 0.0318. The molecule has 3 atom stereocenters. The highest BCUT2D eigenvalue weighted by Crippen LogP contribution is 2.66. The van der Waals surface area contributed by atoms with Gasteiger partial charge in [0.15, 0.2) is 0 Å². The molecule has 1 saturated carbocycles. The van der Waals surface area contributed by atoms with Crippen LogP contribution in [0.2, 0.25) is 0 Å². The molecule has 0 N–H and O–H groups in total. The second-order valence-electron chi connectivity index (χ2n) is 5.93. The van der Waals surface area contributed by atoms with Crippen molar-refractivity contribution in [2.45, 2.75) is 44.4 Å². The summed E-state index contributed by atoms with van der Waals surface area (Å²) in [4.78, 5) is 11.9. The van der Waals surface area contributed by atoms with Crippen LogP contribution in [0, 0.1) is 11.8 Å². The fourth-order valence-corrected chi connectivity index (χ4v) is 3.87. The highest BCUT2D eigenvalue weighted by Gasteiger charge is 2.72. The molecular weight excluding hydrogens is 236 g/mol. The van der Waals surface area contributed by atoms with Crippen LogP contribution < -0.4 is 0 Å². The van der Waals surface area contributed by atoms with E-state index in [0.29, 0.717) is 12.5 Å². The predicted octanol–water partition coefficient (Wildman–Crippen LogP) is 3.70. The number of carbonyl (C=O) groups excluding carboxylic acids is 1. The first kappa shape index (κ1) is 12.7. The minimum atomic E-state index is 0.0318. The molecular formula is C17H22O2. The maximum atomic E-state index is 11.9. The molecule has 0 unspecified atom stereocenters. The smallest absolute Gasteiger partial charge is 0.310 e. The number of fused-ring (bicyclic) bond motifs is 1. The summed E-state index contributed by atoms with van der Waals surface area (Å²) in [5.41, 5.74) is 1.45. The number of unbranched alkanes of at least 4 members (excludes halogenated alkanes) is 3. The topological polar surface area (TPSA) is 26.3 Å². The van der Waals surface area contributed by atoms with Crippen molar-refractivity contribution in [2.75, 3.05) is 6.61 Å². The van der Waals surface area contributed by atoms with Crippen molar-refractivity contribution in [1.29, 1.82) is 0 Å². The van der Waals surface area contributed by atoms with Gasteiger partial charge in [-0.2, -0.15) is 0 Å². The van der Waals surface area contributed by atoms with E-state index < -0.39 is 0 Å². The highest BCUT2D eigenvalue weighted by molar-refractivity contribution is 5.82. The Balaban J connectivity index is 1.77. The van der Waals surface area contributed by atoms with Gasteiger partial charge in [-0.25, -0.2) is 0 Å². The summed E-state index contributed by atoms with van der Waals surface area (Å²) >= 11 is 0. The van der Waals surface area contributed by atoms with Gasteiger partial charge in [0.05, 0.1) is 12.5 Å². The average molecular weight is 258 g/mol. The number of rotatable bonds is 6. The summed E-state index contributed by atoms with van der Waals surface area (Å²) in [5.74, 6) is 0.602. The number of carbonyl (C=O) groups is 1. The normalized spacial score (nSPS) is 31.9. The number of ether oxygens (including phenoxy) is 1. The van der Waals surface area contributed by atoms with Crippen LogP contribution in [0.3, 0.4) is 0 Å². The molecule has 1 aliphatic heterocycles. The molecule has 102 valence electrons. The van der Waals surface area contributed by atoms with Crippen LogP contribution in [-0.2, 0) is 14.9 Å². The molecule has 0 amide bonds. The van der Waals surface area contributed by atoms with Crippen LogP contribution in [-0.4, -0.2) is 12.6 Å². The average Bonchev–Trinajstić information content (AvgIpc) is 2.94. The summed E-state index contributed by atoms with van der Waals surface area (Å²) in [7, 11) is 0. The van der Waals surface area contributed by atoms with Crippen LogP contribution in [0.4, 0.5) is 0 Å². The van der Waals surface area contributed by atoms with Gasteiger partial charge < -0.3 is 4.74 Å². The van der Waals surface area contributed by atoms with Crippen molar-refractivity contribution in [3.63, 3.8) is 0 Å². The van der Waals surface area contributed by atoms with Gasteiger partial charge in [0.1, 0.15) is 0 Å². The first-order valence-electron chi connectivity index (χ1n) is 7.53. The van der Waals surface area contributed by atoms with Crippen molar-refractivity contribution in [2.24, 2.45) is 11.8 Å². The molecule has 2 aliphatic rings. The summed E-state index contributed by atoms with van der Waals surface area (Å²) in [6.45, 7) is 2.86. The summed E-state index contributed by atoms with van der Waals surface area (Å²) in [5, 5.41) is 0. The zero-order valence-corrected chi connectivity index (χ0v) is 11.6. The first-order valence-corrected chi connectivity index (χ1v) is 7.53. The van der Waals surface area contributed by atoms with Gasteiger partial charge in [0.25, 0.3) is 0 Å². The third-order valence-electron chi connectivity index (χ3n) is 4.92. The van der Waals surface area contributed by atoms with E-state index in [0.717, 1.165) is 6.42 Å². The number of benzene rings is 1. The quantitative estimate of drug-likeness (QED) is 0.574. The van der Waals surface area contributed by atoms with Crippen LogP contribution in [0.1, 0.15) is 44.6 Å². The van der Waals surface area contributed by atoms with E-state index in [4.69, 9.17) is 4.74 Å². The zero-order valence-electron chi connectivity index (χ0n) is 11.6. The predicted molar refractivity (Wildman–Crippen MR) is 74.8 cm³/mol. The van der Waals surface area contributed by atoms with E-state index in [2.05, 4.69) is 31.2 Å². The van der Waals surface area contributed by atoms with Gasteiger partial charge in [-0.1, -0.05) is 62.9 Å². The maximum Gasteiger partial charge on any atom is 0.310 e. The van der Waals surface area contributed by atoms with Crippen LogP contribution in [0.25, 0.3) is 0 Å². The standard InChI is InChI=1S/C17H22O2/c1-2-3-4-8-11-17(13-9-6-5-7-10-13)14-12-19-16(18)15(14)17/h5-7,9-10,14-15H,2-4,8,11-12H2,1H3/t14-,15-,17-/m0/s1. The van der Waals surface area contributed by atoms with Crippen LogP contribution in [0.5, 0.6) is 0 Å². The molecule has 1 aromatic rings. The van der Waals surface area contributed by atoms with Crippen molar-refractivity contribution in [1.82, 2.24) is 0 Å². The van der Waals surface area contributed by atoms with Gasteiger partial charge in [-0.15, -0.1) is 0 Å². The molecule has 2 fully saturated rings. The Hall–Kier alpha value is -1.31. The monoisotopic (exact) mass is 258 g/mol. The third-order valence-corrected chi connectivity index (χ3v) is 4.92. The molecule has 2 nitrogen and oxygen atoms in total. The zero-order chi connectivity index (χ0) is 13.3. The molecule has 0 spiro atoms. The molecule has 3 rings (SSSR count). The molecule has 1 aliphatic carbocycles. The Kier molecular flexibility index (Phi) is 3.34. The third kappa shape index (κ3) is 1.98. The van der Waals surface area contributed by atoms with Crippen LogP contribution in [0.15, 0.2) is 30.3 Å². The Labute approximate surface area is 115 Å². The molecule has 0 aromatic heterocycles. The lowest BCUT2D eigenvalue weighted by atomic mass is 9.85.